The zero-order chi connectivity index (χ0) is 11.3. The second kappa shape index (κ2) is 3.09. The van der Waals surface area contributed by atoms with E-state index in [2.05, 4.69) is 42.4 Å². The van der Waals surface area contributed by atoms with E-state index in [4.69, 9.17) is 0 Å². The molecule has 0 amide bonds. The van der Waals surface area contributed by atoms with Crippen molar-refractivity contribution in [2.24, 2.45) is 0 Å². The standard InChI is InChI=1S/C14H18N2/c1-14(2,3)12-8-15-13-7-10-5-4-6-11(10)9-16(12)13/h7-9H,4-6H2,1-3H3. The molecule has 0 saturated carbocycles. The molecular weight excluding hydrogens is 196 g/mol. The fraction of sp³-hybridized carbons (Fsp3) is 0.500. The molecule has 1 aliphatic rings. The lowest BCUT2D eigenvalue weighted by Gasteiger charge is -2.18. The summed E-state index contributed by atoms with van der Waals surface area (Å²) in [5.74, 6) is 0. The summed E-state index contributed by atoms with van der Waals surface area (Å²) in [6.07, 6.45) is 8.07. The molecule has 2 aromatic rings. The molecule has 16 heavy (non-hydrogen) atoms. The van der Waals surface area contributed by atoms with Crippen LogP contribution >= 0.6 is 0 Å². The smallest absolute Gasteiger partial charge is 0.137 e. The van der Waals surface area contributed by atoms with Crippen LogP contribution in [0.3, 0.4) is 0 Å². The molecule has 0 aliphatic heterocycles. The molecule has 2 nitrogen and oxygen atoms in total. The van der Waals surface area contributed by atoms with Crippen molar-refractivity contribution in [1.82, 2.24) is 9.38 Å². The van der Waals surface area contributed by atoms with Gasteiger partial charge >= 0.3 is 0 Å². The summed E-state index contributed by atoms with van der Waals surface area (Å²) in [5.41, 5.74) is 5.57. The van der Waals surface area contributed by atoms with Gasteiger partial charge in [0.2, 0.25) is 0 Å². The SMILES string of the molecule is CC(C)(C)c1cnc2cc3c(cn12)CCC3. The number of aromatic nitrogens is 2. The molecule has 0 aromatic carbocycles. The second-order valence-corrected chi connectivity index (χ2v) is 5.80. The summed E-state index contributed by atoms with van der Waals surface area (Å²) in [6.45, 7) is 6.72. The van der Waals surface area contributed by atoms with Gasteiger partial charge in [0.15, 0.2) is 0 Å². The van der Waals surface area contributed by atoms with E-state index in [-0.39, 0.29) is 5.41 Å². The van der Waals surface area contributed by atoms with Crippen LogP contribution in [0.5, 0.6) is 0 Å². The van der Waals surface area contributed by atoms with Crippen LogP contribution < -0.4 is 0 Å². The number of pyridine rings is 1. The minimum atomic E-state index is 0.159. The zero-order valence-electron chi connectivity index (χ0n) is 10.2. The molecule has 2 aromatic heterocycles. The monoisotopic (exact) mass is 214 g/mol. The van der Waals surface area contributed by atoms with Crippen molar-refractivity contribution in [2.45, 2.75) is 45.4 Å². The number of imidazole rings is 1. The third kappa shape index (κ3) is 1.36. The van der Waals surface area contributed by atoms with Crippen molar-refractivity contribution in [2.75, 3.05) is 0 Å². The molecule has 2 heteroatoms. The predicted molar refractivity (Wildman–Crippen MR) is 65.9 cm³/mol. The Hall–Kier alpha value is -1.31. The topological polar surface area (TPSA) is 17.3 Å². The molecule has 0 N–H and O–H groups in total. The van der Waals surface area contributed by atoms with Crippen molar-refractivity contribution in [3.05, 3.63) is 35.3 Å². The fourth-order valence-electron chi connectivity index (χ4n) is 2.59. The first kappa shape index (κ1) is 9.88. The van der Waals surface area contributed by atoms with Gasteiger partial charge in [-0.2, -0.15) is 0 Å². The number of hydrogen-bond acceptors (Lipinski definition) is 1. The summed E-state index contributed by atoms with van der Waals surface area (Å²) in [6, 6.07) is 2.26. The van der Waals surface area contributed by atoms with Crippen LogP contribution in [0.25, 0.3) is 5.65 Å². The number of aryl methyl sites for hydroxylation is 2. The summed E-state index contributed by atoms with van der Waals surface area (Å²) < 4.78 is 2.27. The highest BCUT2D eigenvalue weighted by molar-refractivity contribution is 5.48. The average Bonchev–Trinajstić information content (AvgIpc) is 2.76. The summed E-state index contributed by atoms with van der Waals surface area (Å²) in [5, 5.41) is 0. The Kier molecular flexibility index (Phi) is 1.91. The highest BCUT2D eigenvalue weighted by Gasteiger charge is 2.20. The summed E-state index contributed by atoms with van der Waals surface area (Å²) in [4.78, 5) is 4.53. The highest BCUT2D eigenvalue weighted by atomic mass is 15.0. The van der Waals surface area contributed by atoms with Crippen molar-refractivity contribution in [3.63, 3.8) is 0 Å². The van der Waals surface area contributed by atoms with E-state index in [1.54, 1.807) is 0 Å². The first-order valence-electron chi connectivity index (χ1n) is 6.05. The van der Waals surface area contributed by atoms with Gasteiger partial charge in [0.1, 0.15) is 5.65 Å². The van der Waals surface area contributed by atoms with Crippen LogP contribution in [-0.4, -0.2) is 9.38 Å². The van der Waals surface area contributed by atoms with Gasteiger partial charge in [-0.1, -0.05) is 20.8 Å². The molecule has 0 saturated heterocycles. The maximum Gasteiger partial charge on any atom is 0.137 e. The lowest BCUT2D eigenvalue weighted by atomic mass is 9.93. The first-order chi connectivity index (χ1) is 7.55. The number of hydrogen-bond donors (Lipinski definition) is 0. The van der Waals surface area contributed by atoms with Gasteiger partial charge in [-0.15, -0.1) is 0 Å². The van der Waals surface area contributed by atoms with E-state index in [0.29, 0.717) is 0 Å². The Morgan fingerprint density at radius 3 is 2.69 bits per heavy atom. The van der Waals surface area contributed by atoms with Crippen molar-refractivity contribution < 1.29 is 0 Å². The predicted octanol–water partition coefficient (Wildman–Crippen LogP) is 3.12. The van der Waals surface area contributed by atoms with Crippen LogP contribution in [0.2, 0.25) is 0 Å². The van der Waals surface area contributed by atoms with Gasteiger partial charge < -0.3 is 4.40 Å². The van der Waals surface area contributed by atoms with Crippen molar-refractivity contribution in [1.29, 1.82) is 0 Å². The maximum atomic E-state index is 4.53. The number of fused-ring (bicyclic) bond motifs is 2. The quantitative estimate of drug-likeness (QED) is 0.658. The van der Waals surface area contributed by atoms with E-state index in [1.807, 2.05) is 6.20 Å². The van der Waals surface area contributed by atoms with E-state index in [1.165, 1.54) is 36.1 Å². The molecule has 3 rings (SSSR count). The zero-order valence-corrected chi connectivity index (χ0v) is 10.2. The second-order valence-electron chi connectivity index (χ2n) is 5.80. The molecule has 0 fully saturated rings. The molecular formula is C14H18N2. The third-order valence-corrected chi connectivity index (χ3v) is 3.49. The normalized spacial score (nSPS) is 15.7. The number of nitrogens with zero attached hydrogens (tertiary/aromatic N) is 2. The van der Waals surface area contributed by atoms with Gasteiger partial charge in [0, 0.05) is 23.5 Å². The first-order valence-corrected chi connectivity index (χ1v) is 6.05. The Balaban J connectivity index is 2.27. The molecule has 0 unspecified atom stereocenters. The molecule has 0 atom stereocenters. The van der Waals surface area contributed by atoms with Gasteiger partial charge in [0.25, 0.3) is 0 Å². The summed E-state index contributed by atoms with van der Waals surface area (Å²) >= 11 is 0. The van der Waals surface area contributed by atoms with Gasteiger partial charge in [-0.25, -0.2) is 4.98 Å². The lowest BCUT2D eigenvalue weighted by molar-refractivity contribution is 0.563. The Morgan fingerprint density at radius 1 is 1.19 bits per heavy atom. The molecule has 1 aliphatic carbocycles. The van der Waals surface area contributed by atoms with Crippen molar-refractivity contribution >= 4 is 5.65 Å². The van der Waals surface area contributed by atoms with Gasteiger partial charge in [-0.05, 0) is 36.5 Å². The Labute approximate surface area is 96.3 Å². The lowest BCUT2D eigenvalue weighted by Crippen LogP contribution is -2.14. The van der Waals surface area contributed by atoms with E-state index < -0.39 is 0 Å². The molecule has 2 heterocycles. The maximum absolute atomic E-state index is 4.53. The molecule has 84 valence electrons. The van der Waals surface area contributed by atoms with Crippen LogP contribution in [0.1, 0.15) is 44.0 Å². The third-order valence-electron chi connectivity index (χ3n) is 3.49. The van der Waals surface area contributed by atoms with Crippen molar-refractivity contribution in [3.8, 4) is 0 Å². The summed E-state index contributed by atoms with van der Waals surface area (Å²) in [7, 11) is 0. The largest absolute Gasteiger partial charge is 0.303 e. The highest BCUT2D eigenvalue weighted by Crippen LogP contribution is 2.27. The van der Waals surface area contributed by atoms with Gasteiger partial charge in [-0.3, -0.25) is 0 Å². The van der Waals surface area contributed by atoms with E-state index >= 15 is 0 Å². The van der Waals surface area contributed by atoms with Gasteiger partial charge in [0.05, 0.1) is 0 Å². The Bertz CT molecular complexity index is 544. The van der Waals surface area contributed by atoms with Crippen LogP contribution in [0.4, 0.5) is 0 Å². The molecule has 0 bridgehead atoms. The number of rotatable bonds is 0. The fourth-order valence-corrected chi connectivity index (χ4v) is 2.59. The molecule has 0 radical (unpaired) electrons. The van der Waals surface area contributed by atoms with E-state index in [0.717, 1.165) is 5.65 Å². The minimum Gasteiger partial charge on any atom is -0.303 e. The minimum absolute atomic E-state index is 0.159. The van der Waals surface area contributed by atoms with E-state index in [9.17, 15) is 0 Å². The van der Waals surface area contributed by atoms with Crippen LogP contribution in [0, 0.1) is 0 Å². The van der Waals surface area contributed by atoms with Crippen LogP contribution in [-0.2, 0) is 18.3 Å². The Morgan fingerprint density at radius 2 is 1.94 bits per heavy atom. The average molecular weight is 214 g/mol. The molecule has 0 spiro atoms. The van der Waals surface area contributed by atoms with Crippen LogP contribution in [0.15, 0.2) is 18.5 Å².